The van der Waals surface area contributed by atoms with Crippen LogP contribution in [0.3, 0.4) is 0 Å². The van der Waals surface area contributed by atoms with Crippen LogP contribution >= 0.6 is 11.3 Å². The Morgan fingerprint density at radius 3 is 2.66 bits per heavy atom. The summed E-state index contributed by atoms with van der Waals surface area (Å²) in [5.74, 6) is 2.16. The number of thiophene rings is 1. The minimum atomic E-state index is 0.0769. The molecule has 7 heteroatoms. The molecule has 0 unspecified atom stereocenters. The van der Waals surface area contributed by atoms with E-state index in [1.165, 1.54) is 46.3 Å². The molecular weight excluding hydrogens is 384 g/mol. The molecule has 158 valence electrons. The number of aryl methyl sites for hydroxylation is 3. The number of ether oxygens (including phenoxy) is 1. The predicted octanol–water partition coefficient (Wildman–Crippen LogP) is 3.60. The maximum absolute atomic E-state index is 12.2. The molecule has 1 amide bonds. The van der Waals surface area contributed by atoms with E-state index in [4.69, 9.17) is 14.7 Å². The third kappa shape index (κ3) is 4.40. The lowest BCUT2D eigenvalue weighted by Crippen LogP contribution is -2.50. The highest BCUT2D eigenvalue weighted by molar-refractivity contribution is 7.19. The molecule has 0 atom stereocenters. The number of carbonyl (C=O) groups excluding carboxylic acids is 1. The smallest absolute Gasteiger partial charge is 0.248 e. The van der Waals surface area contributed by atoms with Crippen molar-refractivity contribution in [3.63, 3.8) is 0 Å². The van der Waals surface area contributed by atoms with Gasteiger partial charge in [0.25, 0.3) is 0 Å². The zero-order chi connectivity index (χ0) is 20.2. The SMILES string of the molecule is CCCCc1nc(N2CCN(C(=O)COC)CC2)c2c3c(sc2n1)CCCCC3. The minimum Gasteiger partial charge on any atom is -0.375 e. The van der Waals surface area contributed by atoms with Crippen LogP contribution in [-0.2, 0) is 28.8 Å². The number of hydrogen-bond donors (Lipinski definition) is 0. The van der Waals surface area contributed by atoms with Crippen molar-refractivity contribution in [2.75, 3.05) is 44.8 Å². The summed E-state index contributed by atoms with van der Waals surface area (Å²) in [7, 11) is 1.58. The molecule has 0 bridgehead atoms. The molecule has 0 radical (unpaired) electrons. The van der Waals surface area contributed by atoms with Gasteiger partial charge in [-0.2, -0.15) is 0 Å². The molecule has 2 aliphatic rings. The maximum atomic E-state index is 12.2. The summed E-state index contributed by atoms with van der Waals surface area (Å²) < 4.78 is 5.02. The van der Waals surface area contributed by atoms with Crippen LogP contribution in [0.2, 0.25) is 0 Å². The Hall–Kier alpha value is -1.73. The Labute approximate surface area is 177 Å². The quantitative estimate of drug-likeness (QED) is 0.674. The number of methoxy groups -OCH3 is 1. The summed E-state index contributed by atoms with van der Waals surface area (Å²) in [5, 5.41) is 1.30. The number of carbonyl (C=O) groups is 1. The third-order valence-electron chi connectivity index (χ3n) is 6.05. The molecule has 0 aromatic carbocycles. The molecule has 1 aliphatic heterocycles. The lowest BCUT2D eigenvalue weighted by molar-refractivity contribution is -0.135. The van der Waals surface area contributed by atoms with E-state index in [9.17, 15) is 4.79 Å². The highest BCUT2D eigenvalue weighted by Crippen LogP contribution is 2.39. The van der Waals surface area contributed by atoms with E-state index in [0.717, 1.165) is 63.5 Å². The van der Waals surface area contributed by atoms with Crippen molar-refractivity contribution >= 4 is 33.3 Å². The fraction of sp³-hybridized carbons (Fsp3) is 0.682. The van der Waals surface area contributed by atoms with E-state index in [1.807, 2.05) is 16.2 Å². The lowest BCUT2D eigenvalue weighted by atomic mass is 10.1. The number of piperazine rings is 1. The topological polar surface area (TPSA) is 58.6 Å². The van der Waals surface area contributed by atoms with Gasteiger partial charge in [-0.25, -0.2) is 9.97 Å². The number of hydrogen-bond acceptors (Lipinski definition) is 6. The number of aromatic nitrogens is 2. The van der Waals surface area contributed by atoms with E-state index >= 15 is 0 Å². The zero-order valence-electron chi connectivity index (χ0n) is 17.7. The van der Waals surface area contributed by atoms with Crippen molar-refractivity contribution in [1.82, 2.24) is 14.9 Å². The van der Waals surface area contributed by atoms with Crippen molar-refractivity contribution in [3.8, 4) is 0 Å². The van der Waals surface area contributed by atoms with Gasteiger partial charge in [-0.1, -0.05) is 19.8 Å². The summed E-state index contributed by atoms with van der Waals surface area (Å²) in [6.07, 6.45) is 9.39. The first-order valence-corrected chi connectivity index (χ1v) is 11.9. The van der Waals surface area contributed by atoms with Crippen molar-refractivity contribution in [3.05, 3.63) is 16.3 Å². The number of fused-ring (bicyclic) bond motifs is 3. The molecule has 0 saturated carbocycles. The molecule has 6 nitrogen and oxygen atoms in total. The summed E-state index contributed by atoms with van der Waals surface area (Å²) in [4.78, 5) is 29.2. The predicted molar refractivity (Wildman–Crippen MR) is 118 cm³/mol. The van der Waals surface area contributed by atoms with Crippen molar-refractivity contribution < 1.29 is 9.53 Å². The van der Waals surface area contributed by atoms with Crippen LogP contribution in [0.1, 0.15) is 55.3 Å². The van der Waals surface area contributed by atoms with Gasteiger partial charge >= 0.3 is 0 Å². The van der Waals surface area contributed by atoms with Crippen molar-refractivity contribution in [2.24, 2.45) is 0 Å². The number of amides is 1. The summed E-state index contributed by atoms with van der Waals surface area (Å²) in [6.45, 7) is 5.47. The Kier molecular flexibility index (Phi) is 6.65. The summed E-state index contributed by atoms with van der Waals surface area (Å²) in [5.41, 5.74) is 1.50. The first-order valence-electron chi connectivity index (χ1n) is 11.0. The first-order chi connectivity index (χ1) is 14.2. The molecule has 1 saturated heterocycles. The molecule has 1 aliphatic carbocycles. The average Bonchev–Trinajstić information content (AvgIpc) is 2.92. The van der Waals surface area contributed by atoms with Crippen LogP contribution in [-0.4, -0.2) is 60.7 Å². The van der Waals surface area contributed by atoms with Gasteiger partial charge in [0, 0.05) is 44.6 Å². The van der Waals surface area contributed by atoms with Gasteiger partial charge in [0.15, 0.2) is 0 Å². The largest absolute Gasteiger partial charge is 0.375 e. The fourth-order valence-corrected chi connectivity index (χ4v) is 5.69. The monoisotopic (exact) mass is 416 g/mol. The van der Waals surface area contributed by atoms with Crippen LogP contribution in [0.25, 0.3) is 10.2 Å². The van der Waals surface area contributed by atoms with Gasteiger partial charge in [0.2, 0.25) is 5.91 Å². The highest BCUT2D eigenvalue weighted by Gasteiger charge is 2.27. The van der Waals surface area contributed by atoms with Crippen molar-refractivity contribution in [1.29, 1.82) is 0 Å². The lowest BCUT2D eigenvalue weighted by Gasteiger charge is -2.35. The highest BCUT2D eigenvalue weighted by atomic mass is 32.1. The van der Waals surface area contributed by atoms with Crippen LogP contribution in [0.5, 0.6) is 0 Å². The minimum absolute atomic E-state index is 0.0769. The second kappa shape index (κ2) is 9.39. The molecule has 2 aromatic rings. The molecule has 2 aromatic heterocycles. The van der Waals surface area contributed by atoms with Crippen LogP contribution in [0.15, 0.2) is 0 Å². The maximum Gasteiger partial charge on any atom is 0.248 e. The summed E-state index contributed by atoms with van der Waals surface area (Å²) >= 11 is 1.89. The number of nitrogens with zero attached hydrogens (tertiary/aromatic N) is 4. The molecule has 29 heavy (non-hydrogen) atoms. The Balaban J connectivity index is 1.66. The number of unbranched alkanes of at least 4 members (excludes halogenated alkanes) is 1. The normalized spacial score (nSPS) is 17.4. The van der Waals surface area contributed by atoms with Gasteiger partial charge < -0.3 is 14.5 Å². The molecular formula is C22H32N4O2S. The standard InChI is InChI=1S/C22H32N4O2S/c1-3-4-10-18-23-21(26-13-11-25(12-14-26)19(27)15-28-2)20-16-8-6-5-7-9-17(16)29-22(20)24-18/h3-15H2,1-2H3. The van der Waals surface area contributed by atoms with Crippen LogP contribution in [0.4, 0.5) is 5.82 Å². The van der Waals surface area contributed by atoms with E-state index in [0.29, 0.717) is 0 Å². The first kappa shape index (κ1) is 20.5. The van der Waals surface area contributed by atoms with Gasteiger partial charge in [0.1, 0.15) is 23.1 Å². The van der Waals surface area contributed by atoms with Gasteiger partial charge in [-0.05, 0) is 37.7 Å². The number of anilines is 1. The third-order valence-corrected chi connectivity index (χ3v) is 7.23. The number of rotatable bonds is 6. The van der Waals surface area contributed by atoms with Crippen LogP contribution in [0, 0.1) is 0 Å². The Bertz CT molecular complexity index is 858. The average molecular weight is 417 g/mol. The second-order valence-corrected chi connectivity index (χ2v) is 9.20. The Morgan fingerprint density at radius 2 is 1.90 bits per heavy atom. The van der Waals surface area contributed by atoms with E-state index in [-0.39, 0.29) is 12.5 Å². The van der Waals surface area contributed by atoms with E-state index in [2.05, 4.69) is 11.8 Å². The van der Waals surface area contributed by atoms with E-state index in [1.54, 1.807) is 7.11 Å². The fourth-order valence-electron chi connectivity index (χ4n) is 4.42. The molecule has 0 N–H and O–H groups in total. The zero-order valence-corrected chi connectivity index (χ0v) is 18.5. The van der Waals surface area contributed by atoms with Gasteiger partial charge in [-0.3, -0.25) is 4.79 Å². The Morgan fingerprint density at radius 1 is 1.10 bits per heavy atom. The molecule has 1 fully saturated rings. The molecule has 4 rings (SSSR count). The van der Waals surface area contributed by atoms with Crippen LogP contribution < -0.4 is 4.90 Å². The van der Waals surface area contributed by atoms with Gasteiger partial charge in [-0.15, -0.1) is 11.3 Å². The second-order valence-electron chi connectivity index (χ2n) is 8.11. The van der Waals surface area contributed by atoms with Crippen molar-refractivity contribution in [2.45, 2.75) is 58.3 Å². The molecule has 3 heterocycles. The summed E-state index contributed by atoms with van der Waals surface area (Å²) in [6, 6.07) is 0. The molecule has 0 spiro atoms. The van der Waals surface area contributed by atoms with E-state index < -0.39 is 0 Å². The van der Waals surface area contributed by atoms with Gasteiger partial charge in [0.05, 0.1) is 5.39 Å².